The summed E-state index contributed by atoms with van der Waals surface area (Å²) in [6, 6.07) is 0. The van der Waals surface area contributed by atoms with Gasteiger partial charge in [-0.15, -0.1) is 0 Å². The van der Waals surface area contributed by atoms with Crippen molar-refractivity contribution in [2.75, 3.05) is 7.11 Å². The maximum absolute atomic E-state index is 5.54. The molecule has 1 fully saturated rings. The monoisotopic (exact) mass is 144 g/mol. The second kappa shape index (κ2) is 3.35. The molecule has 2 nitrogen and oxygen atoms in total. The van der Waals surface area contributed by atoms with E-state index in [1.165, 1.54) is 0 Å². The molecular weight excluding hydrogens is 128 g/mol. The largest absolute Gasteiger partial charge is 0.381 e. The van der Waals surface area contributed by atoms with Gasteiger partial charge in [0, 0.05) is 7.11 Å². The molecule has 0 spiro atoms. The minimum Gasteiger partial charge on any atom is -0.381 e. The summed E-state index contributed by atoms with van der Waals surface area (Å²) in [6.07, 6.45) is 3.24. The number of ether oxygens (including phenoxy) is 2. The van der Waals surface area contributed by atoms with Gasteiger partial charge >= 0.3 is 0 Å². The van der Waals surface area contributed by atoms with Gasteiger partial charge in [-0.2, -0.15) is 0 Å². The van der Waals surface area contributed by atoms with Crippen LogP contribution >= 0.6 is 0 Å². The zero-order chi connectivity index (χ0) is 7.56. The summed E-state index contributed by atoms with van der Waals surface area (Å²) in [5, 5.41) is 0. The van der Waals surface area contributed by atoms with E-state index in [2.05, 4.69) is 13.8 Å². The molecule has 2 atom stereocenters. The van der Waals surface area contributed by atoms with Crippen molar-refractivity contribution in [3.8, 4) is 0 Å². The van der Waals surface area contributed by atoms with Crippen LogP contribution < -0.4 is 0 Å². The molecule has 0 saturated carbocycles. The van der Waals surface area contributed by atoms with Crippen molar-refractivity contribution >= 4 is 0 Å². The van der Waals surface area contributed by atoms with Crippen molar-refractivity contribution in [2.24, 2.45) is 0 Å². The van der Waals surface area contributed by atoms with Crippen LogP contribution in [0.5, 0.6) is 0 Å². The van der Waals surface area contributed by atoms with Gasteiger partial charge in [0.15, 0.2) is 0 Å². The molecule has 0 N–H and O–H groups in total. The van der Waals surface area contributed by atoms with Crippen molar-refractivity contribution in [3.05, 3.63) is 0 Å². The van der Waals surface area contributed by atoms with Crippen LogP contribution in [0.15, 0.2) is 0 Å². The van der Waals surface area contributed by atoms with Crippen LogP contribution in [0.4, 0.5) is 0 Å². The van der Waals surface area contributed by atoms with Crippen molar-refractivity contribution in [3.63, 3.8) is 0 Å². The Morgan fingerprint density at radius 1 is 1.20 bits per heavy atom. The molecule has 0 amide bonds. The van der Waals surface area contributed by atoms with Gasteiger partial charge in [0.05, 0.1) is 18.3 Å². The molecule has 0 aromatic rings. The summed E-state index contributed by atoms with van der Waals surface area (Å²) in [4.78, 5) is 0. The van der Waals surface area contributed by atoms with E-state index in [-0.39, 0.29) is 0 Å². The first-order valence-electron chi connectivity index (χ1n) is 3.90. The van der Waals surface area contributed by atoms with Gasteiger partial charge in [-0.05, 0) is 26.7 Å². The molecule has 0 aromatic heterocycles. The molecule has 60 valence electrons. The van der Waals surface area contributed by atoms with Gasteiger partial charge < -0.3 is 9.47 Å². The lowest BCUT2D eigenvalue weighted by molar-refractivity contribution is -0.0907. The zero-order valence-electron chi connectivity index (χ0n) is 6.96. The van der Waals surface area contributed by atoms with Gasteiger partial charge in [0.2, 0.25) is 0 Å². The lowest BCUT2D eigenvalue weighted by Crippen LogP contribution is -2.33. The topological polar surface area (TPSA) is 18.5 Å². The van der Waals surface area contributed by atoms with E-state index in [0.29, 0.717) is 18.3 Å². The fraction of sp³-hybridized carbons (Fsp3) is 1.00. The first kappa shape index (κ1) is 8.02. The fourth-order valence-electron chi connectivity index (χ4n) is 1.54. The predicted octanol–water partition coefficient (Wildman–Crippen LogP) is 1.59. The van der Waals surface area contributed by atoms with E-state index < -0.39 is 0 Å². The van der Waals surface area contributed by atoms with E-state index in [0.717, 1.165) is 12.8 Å². The van der Waals surface area contributed by atoms with Crippen LogP contribution in [-0.4, -0.2) is 25.4 Å². The Hall–Kier alpha value is -0.0800. The molecule has 1 aliphatic heterocycles. The van der Waals surface area contributed by atoms with Crippen LogP contribution in [0.3, 0.4) is 0 Å². The van der Waals surface area contributed by atoms with Crippen molar-refractivity contribution < 1.29 is 9.47 Å². The highest BCUT2D eigenvalue weighted by Gasteiger charge is 2.23. The Bertz CT molecular complexity index is 93.4. The van der Waals surface area contributed by atoms with E-state index in [1.807, 2.05) is 0 Å². The minimum atomic E-state index is 0.369. The highest BCUT2D eigenvalue weighted by molar-refractivity contribution is 4.72. The summed E-state index contributed by atoms with van der Waals surface area (Å²) in [7, 11) is 1.77. The van der Waals surface area contributed by atoms with E-state index >= 15 is 0 Å². The molecule has 0 radical (unpaired) electrons. The average Bonchev–Trinajstić information content (AvgIpc) is 1.85. The molecule has 0 aromatic carbocycles. The summed E-state index contributed by atoms with van der Waals surface area (Å²) in [5.41, 5.74) is 0. The highest BCUT2D eigenvalue weighted by atomic mass is 16.5. The molecule has 1 saturated heterocycles. The number of hydrogen-bond donors (Lipinski definition) is 0. The minimum absolute atomic E-state index is 0.369. The smallest absolute Gasteiger partial charge is 0.0620 e. The third-order valence-corrected chi connectivity index (χ3v) is 1.99. The maximum Gasteiger partial charge on any atom is 0.0620 e. The standard InChI is InChI=1S/C8H16O2/c1-6-4-8(9-3)5-7(2)10-6/h6-8H,4-5H2,1-3H3/t6-,7-/m0/s1. The molecule has 0 bridgehead atoms. The maximum atomic E-state index is 5.54. The normalized spacial score (nSPS) is 41.7. The molecule has 2 heteroatoms. The van der Waals surface area contributed by atoms with E-state index in [4.69, 9.17) is 9.47 Å². The highest BCUT2D eigenvalue weighted by Crippen LogP contribution is 2.20. The molecule has 0 unspecified atom stereocenters. The summed E-state index contributed by atoms with van der Waals surface area (Å²) in [5.74, 6) is 0. The molecule has 1 rings (SSSR count). The van der Waals surface area contributed by atoms with Crippen LogP contribution in [0.2, 0.25) is 0 Å². The molecule has 0 aliphatic carbocycles. The first-order valence-corrected chi connectivity index (χ1v) is 3.90. The van der Waals surface area contributed by atoms with Crippen LogP contribution in [0, 0.1) is 0 Å². The summed E-state index contributed by atoms with van der Waals surface area (Å²) < 4.78 is 10.8. The van der Waals surface area contributed by atoms with Gasteiger partial charge in [-0.3, -0.25) is 0 Å². The fourth-order valence-corrected chi connectivity index (χ4v) is 1.54. The Morgan fingerprint density at radius 2 is 1.70 bits per heavy atom. The third kappa shape index (κ3) is 1.96. The lowest BCUT2D eigenvalue weighted by Gasteiger charge is -2.30. The molecule has 1 heterocycles. The SMILES string of the molecule is COC1C[C@H](C)O[C@@H](C)C1. The average molecular weight is 144 g/mol. The Balaban J connectivity index is 2.35. The Morgan fingerprint density at radius 3 is 2.10 bits per heavy atom. The number of rotatable bonds is 1. The van der Waals surface area contributed by atoms with Gasteiger partial charge in [-0.25, -0.2) is 0 Å². The third-order valence-electron chi connectivity index (χ3n) is 1.99. The van der Waals surface area contributed by atoms with Crippen LogP contribution in [0.1, 0.15) is 26.7 Å². The number of hydrogen-bond acceptors (Lipinski definition) is 2. The quantitative estimate of drug-likeness (QED) is 0.556. The van der Waals surface area contributed by atoms with Gasteiger partial charge in [0.25, 0.3) is 0 Å². The van der Waals surface area contributed by atoms with Crippen molar-refractivity contribution in [2.45, 2.75) is 45.0 Å². The molecule has 10 heavy (non-hydrogen) atoms. The summed E-state index contributed by atoms with van der Waals surface area (Å²) >= 11 is 0. The lowest BCUT2D eigenvalue weighted by atomic mass is 10.0. The Labute approximate surface area is 62.5 Å². The van der Waals surface area contributed by atoms with Crippen LogP contribution in [0.25, 0.3) is 0 Å². The molecular formula is C8H16O2. The van der Waals surface area contributed by atoms with E-state index in [9.17, 15) is 0 Å². The zero-order valence-corrected chi connectivity index (χ0v) is 6.96. The Kier molecular flexibility index (Phi) is 2.69. The number of methoxy groups -OCH3 is 1. The first-order chi connectivity index (χ1) is 4.72. The van der Waals surface area contributed by atoms with Crippen LogP contribution in [-0.2, 0) is 9.47 Å². The van der Waals surface area contributed by atoms with Gasteiger partial charge in [0.1, 0.15) is 0 Å². The second-order valence-corrected chi connectivity index (χ2v) is 3.09. The predicted molar refractivity (Wildman–Crippen MR) is 40.0 cm³/mol. The van der Waals surface area contributed by atoms with E-state index in [1.54, 1.807) is 7.11 Å². The molecule has 1 aliphatic rings. The second-order valence-electron chi connectivity index (χ2n) is 3.09. The van der Waals surface area contributed by atoms with Crippen molar-refractivity contribution in [1.82, 2.24) is 0 Å². The van der Waals surface area contributed by atoms with Crippen molar-refractivity contribution in [1.29, 1.82) is 0 Å². The summed E-state index contributed by atoms with van der Waals surface area (Å²) in [6.45, 7) is 4.20. The van der Waals surface area contributed by atoms with Gasteiger partial charge in [-0.1, -0.05) is 0 Å².